The Bertz CT molecular complexity index is 618. The molecule has 1 aromatic heterocycles. The summed E-state index contributed by atoms with van der Waals surface area (Å²) in [5.41, 5.74) is -0.275. The van der Waals surface area contributed by atoms with Crippen LogP contribution in [0.3, 0.4) is 0 Å². The lowest BCUT2D eigenvalue weighted by atomic mass is 9.95. The molecule has 2 atom stereocenters. The fourth-order valence-corrected chi connectivity index (χ4v) is 2.45. The van der Waals surface area contributed by atoms with Crippen molar-refractivity contribution in [3.8, 4) is 0 Å². The van der Waals surface area contributed by atoms with Gasteiger partial charge in [0.2, 0.25) is 0 Å². The van der Waals surface area contributed by atoms with Crippen molar-refractivity contribution in [2.75, 3.05) is 19.6 Å². The molecule has 0 saturated carbocycles. The Kier molecular flexibility index (Phi) is 4.67. The van der Waals surface area contributed by atoms with Crippen LogP contribution in [0.2, 0.25) is 0 Å². The van der Waals surface area contributed by atoms with E-state index in [1.807, 2.05) is 20.8 Å². The highest BCUT2D eigenvalue weighted by molar-refractivity contribution is 5.94. The van der Waals surface area contributed by atoms with Crippen molar-refractivity contribution >= 4 is 5.91 Å². The van der Waals surface area contributed by atoms with E-state index in [0.29, 0.717) is 31.2 Å². The Morgan fingerprint density at radius 1 is 1.41 bits per heavy atom. The number of aliphatic hydroxyl groups is 1. The molecule has 0 radical (unpaired) electrons. The van der Waals surface area contributed by atoms with Gasteiger partial charge in [0, 0.05) is 31.0 Å². The summed E-state index contributed by atoms with van der Waals surface area (Å²) < 4.78 is 0. The van der Waals surface area contributed by atoms with Gasteiger partial charge in [0.1, 0.15) is 11.4 Å². The third kappa shape index (κ3) is 3.53. The van der Waals surface area contributed by atoms with Gasteiger partial charge in [-0.25, -0.2) is 4.98 Å². The number of carbonyl (C=O) groups is 1. The number of nitrogens with one attached hydrogen (secondary N) is 3. The highest BCUT2D eigenvalue weighted by Gasteiger charge is 2.26. The van der Waals surface area contributed by atoms with Crippen LogP contribution in [0, 0.1) is 12.8 Å². The van der Waals surface area contributed by atoms with Gasteiger partial charge in [-0.1, -0.05) is 20.8 Å². The first-order valence-corrected chi connectivity index (χ1v) is 7.48. The molecule has 1 amide bonds. The fourth-order valence-electron chi connectivity index (χ4n) is 2.45. The van der Waals surface area contributed by atoms with Gasteiger partial charge in [0.05, 0.1) is 11.8 Å². The molecule has 22 heavy (non-hydrogen) atoms. The predicted octanol–water partition coefficient (Wildman–Crippen LogP) is -0.314. The minimum Gasteiger partial charge on any atom is -0.391 e. The van der Waals surface area contributed by atoms with Crippen molar-refractivity contribution in [2.45, 2.75) is 39.2 Å². The van der Waals surface area contributed by atoms with Crippen molar-refractivity contribution in [1.29, 1.82) is 0 Å². The van der Waals surface area contributed by atoms with Crippen LogP contribution >= 0.6 is 0 Å². The molecule has 0 bridgehead atoms. The second kappa shape index (κ2) is 6.18. The van der Waals surface area contributed by atoms with Gasteiger partial charge in [0.25, 0.3) is 11.5 Å². The number of nitrogens with zero attached hydrogens (tertiary/aromatic N) is 1. The van der Waals surface area contributed by atoms with E-state index in [-0.39, 0.29) is 16.9 Å². The van der Waals surface area contributed by atoms with Crippen LogP contribution in [-0.2, 0) is 5.41 Å². The lowest BCUT2D eigenvalue weighted by Gasteiger charge is -2.19. The average molecular weight is 308 g/mol. The molecule has 7 nitrogen and oxygen atoms in total. The van der Waals surface area contributed by atoms with E-state index < -0.39 is 17.6 Å². The maximum Gasteiger partial charge on any atom is 0.264 e. The summed E-state index contributed by atoms with van der Waals surface area (Å²) in [4.78, 5) is 31.5. The number of rotatable bonds is 3. The topological polar surface area (TPSA) is 107 Å². The molecule has 2 unspecified atom stereocenters. The molecule has 1 saturated heterocycles. The van der Waals surface area contributed by atoms with Crippen LogP contribution in [0.15, 0.2) is 4.79 Å². The first-order chi connectivity index (χ1) is 10.2. The molecule has 0 aromatic carbocycles. The molecule has 122 valence electrons. The molecule has 1 aromatic rings. The zero-order valence-electron chi connectivity index (χ0n) is 13.5. The number of amides is 1. The van der Waals surface area contributed by atoms with Crippen LogP contribution < -0.4 is 16.2 Å². The van der Waals surface area contributed by atoms with E-state index in [0.717, 1.165) is 0 Å². The predicted molar refractivity (Wildman–Crippen MR) is 83.0 cm³/mol. The van der Waals surface area contributed by atoms with Crippen molar-refractivity contribution in [2.24, 2.45) is 5.92 Å². The van der Waals surface area contributed by atoms with Gasteiger partial charge in [-0.2, -0.15) is 0 Å². The summed E-state index contributed by atoms with van der Waals surface area (Å²) in [5, 5.41) is 15.5. The number of aromatic nitrogens is 2. The number of β-amino-alcohol motifs (C(OH)–C–C–N with tert-alkyl or cyclic N) is 1. The number of aromatic amines is 1. The first kappa shape index (κ1) is 16.6. The molecule has 1 aliphatic heterocycles. The number of hydrogen-bond donors (Lipinski definition) is 4. The average Bonchev–Trinajstić information content (AvgIpc) is 2.80. The Labute approximate surface area is 129 Å². The summed E-state index contributed by atoms with van der Waals surface area (Å²) in [6.07, 6.45) is -0.471. The molecule has 1 fully saturated rings. The summed E-state index contributed by atoms with van der Waals surface area (Å²) in [6, 6.07) is 0. The van der Waals surface area contributed by atoms with Gasteiger partial charge in [0.15, 0.2) is 0 Å². The molecular weight excluding hydrogens is 284 g/mol. The van der Waals surface area contributed by atoms with Gasteiger partial charge in [-0.15, -0.1) is 0 Å². The Morgan fingerprint density at radius 2 is 2.09 bits per heavy atom. The summed E-state index contributed by atoms with van der Waals surface area (Å²) in [6.45, 7) is 9.00. The number of carbonyl (C=O) groups excluding carboxylic acids is 1. The normalized spacial score (nSPS) is 21.9. The fraction of sp³-hybridized carbons (Fsp3) is 0.667. The second-order valence-electron chi connectivity index (χ2n) is 6.82. The minimum absolute atomic E-state index is 0.0356. The Balaban J connectivity index is 2.14. The molecule has 0 aliphatic carbocycles. The Morgan fingerprint density at radius 3 is 2.59 bits per heavy atom. The van der Waals surface area contributed by atoms with Crippen molar-refractivity contribution in [3.05, 3.63) is 27.4 Å². The summed E-state index contributed by atoms with van der Waals surface area (Å²) in [5.74, 6) is 0.0675. The quantitative estimate of drug-likeness (QED) is 0.612. The van der Waals surface area contributed by atoms with Gasteiger partial charge in [-0.3, -0.25) is 9.59 Å². The highest BCUT2D eigenvalue weighted by atomic mass is 16.3. The van der Waals surface area contributed by atoms with Crippen LogP contribution in [0.5, 0.6) is 0 Å². The van der Waals surface area contributed by atoms with Gasteiger partial charge < -0.3 is 20.7 Å². The molecule has 2 rings (SSSR count). The third-order valence-electron chi connectivity index (χ3n) is 3.87. The van der Waals surface area contributed by atoms with E-state index in [1.165, 1.54) is 0 Å². The van der Waals surface area contributed by atoms with Crippen molar-refractivity contribution < 1.29 is 9.90 Å². The lowest BCUT2D eigenvalue weighted by molar-refractivity contribution is 0.0924. The van der Waals surface area contributed by atoms with Gasteiger partial charge in [-0.05, 0) is 6.92 Å². The largest absolute Gasteiger partial charge is 0.391 e. The number of H-pyrrole nitrogens is 1. The van der Waals surface area contributed by atoms with E-state index in [9.17, 15) is 14.7 Å². The van der Waals surface area contributed by atoms with E-state index in [1.54, 1.807) is 6.92 Å². The molecule has 2 heterocycles. The maximum atomic E-state index is 12.2. The van der Waals surface area contributed by atoms with E-state index >= 15 is 0 Å². The standard InChI is InChI=1S/C15H24N4O3/c1-8-11(13(22)19-14(18-8)15(2,3)4)12(21)17-6-9-5-16-7-10(9)20/h9-10,16,20H,5-7H2,1-4H3,(H,17,21)(H,18,19,22). The highest BCUT2D eigenvalue weighted by Crippen LogP contribution is 2.17. The van der Waals surface area contributed by atoms with Crippen LogP contribution in [-0.4, -0.2) is 46.7 Å². The molecule has 7 heteroatoms. The van der Waals surface area contributed by atoms with Gasteiger partial charge >= 0.3 is 0 Å². The van der Waals surface area contributed by atoms with Crippen molar-refractivity contribution in [3.63, 3.8) is 0 Å². The third-order valence-corrected chi connectivity index (χ3v) is 3.87. The lowest BCUT2D eigenvalue weighted by Crippen LogP contribution is -2.38. The number of aryl methyl sites for hydroxylation is 1. The number of aliphatic hydroxyl groups excluding tert-OH is 1. The first-order valence-electron chi connectivity index (χ1n) is 7.48. The minimum atomic E-state index is -0.471. The van der Waals surface area contributed by atoms with Crippen LogP contribution in [0.4, 0.5) is 0 Å². The smallest absolute Gasteiger partial charge is 0.264 e. The summed E-state index contributed by atoms with van der Waals surface area (Å²) >= 11 is 0. The molecular formula is C15H24N4O3. The molecule has 4 N–H and O–H groups in total. The second-order valence-corrected chi connectivity index (χ2v) is 6.82. The zero-order valence-corrected chi connectivity index (χ0v) is 13.5. The maximum absolute atomic E-state index is 12.2. The van der Waals surface area contributed by atoms with Crippen molar-refractivity contribution in [1.82, 2.24) is 20.6 Å². The molecule has 0 spiro atoms. The SMILES string of the molecule is Cc1nc(C(C)(C)C)[nH]c(=O)c1C(=O)NCC1CNCC1O. The summed E-state index contributed by atoms with van der Waals surface area (Å²) in [7, 11) is 0. The number of hydrogen-bond acceptors (Lipinski definition) is 5. The Hall–Kier alpha value is -1.73. The molecule has 1 aliphatic rings. The van der Waals surface area contributed by atoms with Crippen LogP contribution in [0.25, 0.3) is 0 Å². The van der Waals surface area contributed by atoms with Crippen LogP contribution in [0.1, 0.15) is 42.6 Å². The monoisotopic (exact) mass is 308 g/mol. The van der Waals surface area contributed by atoms with E-state index in [2.05, 4.69) is 20.6 Å². The zero-order chi connectivity index (χ0) is 16.5. The van der Waals surface area contributed by atoms with E-state index in [4.69, 9.17) is 0 Å².